The summed E-state index contributed by atoms with van der Waals surface area (Å²) in [5.74, 6) is 0.668. The van der Waals surface area contributed by atoms with Crippen LogP contribution >= 0.6 is 19.4 Å². The molecule has 3 N–H and O–H groups in total. The Labute approximate surface area is 298 Å². The summed E-state index contributed by atoms with van der Waals surface area (Å²) in [5.41, 5.74) is 2.88. The number of benzene rings is 2. The molecule has 3 aliphatic carbocycles. The highest BCUT2D eigenvalue weighted by atomic mass is 35.5. The lowest BCUT2D eigenvalue weighted by Gasteiger charge is -2.61. The number of phosphoric acid groups is 1. The van der Waals surface area contributed by atoms with Crippen LogP contribution in [0, 0.1) is 18.3 Å². The summed E-state index contributed by atoms with van der Waals surface area (Å²) in [5, 5.41) is 14.5. The quantitative estimate of drug-likeness (QED) is 0.107. The maximum Gasteiger partial charge on any atom is 0.472 e. The minimum Gasteiger partial charge on any atom is -0.421 e. The lowest BCUT2D eigenvalue weighted by molar-refractivity contribution is -0.0989. The van der Waals surface area contributed by atoms with Crippen molar-refractivity contribution in [1.82, 2.24) is 24.5 Å². The van der Waals surface area contributed by atoms with Crippen molar-refractivity contribution in [3.63, 3.8) is 0 Å². The van der Waals surface area contributed by atoms with E-state index < -0.39 is 26.8 Å². The molecule has 16 heteroatoms. The second kappa shape index (κ2) is 12.7. The van der Waals surface area contributed by atoms with Crippen molar-refractivity contribution in [2.24, 2.45) is 18.4 Å². The Balaban J connectivity index is 1.46. The van der Waals surface area contributed by atoms with Gasteiger partial charge in [0.1, 0.15) is 11.7 Å². The Kier molecular flexibility index (Phi) is 8.75. The van der Waals surface area contributed by atoms with Gasteiger partial charge in [0.25, 0.3) is 5.56 Å². The fourth-order valence-electron chi connectivity index (χ4n) is 7.06. The molecule has 3 saturated carbocycles. The highest BCUT2D eigenvalue weighted by Crippen LogP contribution is 2.62. The minimum absolute atomic E-state index is 0.0686. The number of nitrogens with one attached hydrogen (secondary N) is 1. The van der Waals surface area contributed by atoms with Crippen LogP contribution in [0.5, 0.6) is 0 Å². The number of halogens is 1. The molecular weight excluding hydrogens is 697 g/mol. The van der Waals surface area contributed by atoms with Crippen molar-refractivity contribution in [2.45, 2.75) is 58.5 Å². The van der Waals surface area contributed by atoms with Gasteiger partial charge in [-0.25, -0.2) is 18.6 Å². The Morgan fingerprint density at radius 3 is 2.59 bits per heavy atom. The van der Waals surface area contributed by atoms with E-state index >= 15 is 0 Å². The van der Waals surface area contributed by atoms with Gasteiger partial charge in [0.05, 0.1) is 28.0 Å². The van der Waals surface area contributed by atoms with E-state index in [-0.39, 0.29) is 27.2 Å². The van der Waals surface area contributed by atoms with E-state index in [1.54, 1.807) is 55.8 Å². The van der Waals surface area contributed by atoms with Gasteiger partial charge in [0.15, 0.2) is 0 Å². The van der Waals surface area contributed by atoms with Gasteiger partial charge < -0.3 is 24.4 Å². The summed E-state index contributed by atoms with van der Waals surface area (Å²) in [6.45, 7) is 7.83. The maximum atomic E-state index is 14.4. The van der Waals surface area contributed by atoms with Gasteiger partial charge in [0, 0.05) is 42.4 Å². The van der Waals surface area contributed by atoms with E-state index in [2.05, 4.69) is 45.9 Å². The van der Waals surface area contributed by atoms with Gasteiger partial charge in [-0.3, -0.25) is 14.7 Å². The van der Waals surface area contributed by atoms with Crippen molar-refractivity contribution in [1.29, 1.82) is 0 Å². The number of rotatable bonds is 10. The van der Waals surface area contributed by atoms with Crippen LogP contribution in [0.1, 0.15) is 62.9 Å². The van der Waals surface area contributed by atoms with Crippen molar-refractivity contribution in [3.8, 4) is 0 Å². The monoisotopic (exact) mass is 735 g/mol. The van der Waals surface area contributed by atoms with Gasteiger partial charge in [-0.05, 0) is 78.3 Å². The maximum absolute atomic E-state index is 14.4. The number of phosphoric ester groups is 1. The van der Waals surface area contributed by atoms with Crippen LogP contribution in [-0.4, -0.2) is 53.8 Å². The van der Waals surface area contributed by atoms with Crippen molar-refractivity contribution in [2.75, 3.05) is 23.6 Å². The molecule has 1 amide bonds. The molecule has 8 rings (SSSR count). The van der Waals surface area contributed by atoms with Gasteiger partial charge >= 0.3 is 13.9 Å². The summed E-state index contributed by atoms with van der Waals surface area (Å²) in [4.78, 5) is 52.3. The Morgan fingerprint density at radius 2 is 1.92 bits per heavy atom. The summed E-state index contributed by atoms with van der Waals surface area (Å²) in [7, 11) is -3.33. The number of anilines is 2. The number of fused-ring (bicyclic) bond motifs is 2. The molecule has 14 nitrogen and oxygen atoms in total. The standard InChI is InChI=1S/C35H39ClN7O7P/c1-20-16-37-30-26(29(20)38-18-34(2,3)4)11-22(12-27(30)36)43(33(45)49-19-50-51(46,47)48)31(28-17-42(40-39-28)35-13-21(14-35)15-35)24-7-6-8-25-23(24)9-10-41(5)32(25)44/h6-12,16-17,21,31H,13-15,18-19H2,1-5H3,(H,37,38)(H2,46,47,48)/t21?,31-,35?/m0/s1. The first-order valence-electron chi connectivity index (χ1n) is 16.5. The minimum atomic E-state index is -4.98. The molecule has 51 heavy (non-hydrogen) atoms. The average Bonchev–Trinajstić information content (AvgIpc) is 3.47. The molecular formula is C35H39ClN7O7P. The van der Waals surface area contributed by atoms with Gasteiger partial charge in [-0.2, -0.15) is 0 Å². The third-order valence-electron chi connectivity index (χ3n) is 9.76. The Hall–Kier alpha value is -4.33. The molecule has 2 aromatic carbocycles. The number of hydrogen-bond acceptors (Lipinski definition) is 9. The molecule has 3 aromatic heterocycles. The fraction of sp³-hybridized carbons (Fsp3) is 0.400. The van der Waals surface area contributed by atoms with Crippen LogP contribution in [0.3, 0.4) is 0 Å². The van der Waals surface area contributed by atoms with E-state index in [0.29, 0.717) is 45.4 Å². The normalized spacial score (nSPS) is 19.0. The first kappa shape index (κ1) is 35.1. The van der Waals surface area contributed by atoms with Crippen LogP contribution in [-0.2, 0) is 26.4 Å². The zero-order valence-corrected chi connectivity index (χ0v) is 30.5. The van der Waals surface area contributed by atoms with Gasteiger partial charge in [0.2, 0.25) is 6.79 Å². The molecule has 268 valence electrons. The number of amides is 1. The number of hydrogen-bond donors (Lipinski definition) is 3. The zero-order chi connectivity index (χ0) is 36.5. The number of pyridine rings is 2. The fourth-order valence-corrected chi connectivity index (χ4v) is 7.52. The molecule has 1 atom stereocenters. The number of carbonyl (C=O) groups excluding carboxylic acids is 1. The highest BCUT2D eigenvalue weighted by Gasteiger charge is 2.59. The third-order valence-corrected chi connectivity index (χ3v) is 10.5. The topological polar surface area (TPSA) is 174 Å². The zero-order valence-electron chi connectivity index (χ0n) is 28.8. The number of ether oxygens (including phenoxy) is 1. The van der Waals surface area contributed by atoms with Crippen LogP contribution in [0.25, 0.3) is 21.7 Å². The molecule has 5 aromatic rings. The van der Waals surface area contributed by atoms with E-state index in [4.69, 9.17) is 16.3 Å². The number of aryl methyl sites for hydroxylation is 2. The highest BCUT2D eigenvalue weighted by molar-refractivity contribution is 7.46. The molecule has 3 fully saturated rings. The van der Waals surface area contributed by atoms with Crippen LogP contribution in [0.2, 0.25) is 5.02 Å². The molecule has 0 saturated heterocycles. The molecule has 0 radical (unpaired) electrons. The second-order valence-electron chi connectivity index (χ2n) is 14.8. The molecule has 0 aliphatic heterocycles. The first-order chi connectivity index (χ1) is 24.0. The second-order valence-corrected chi connectivity index (χ2v) is 16.5. The Bertz CT molecular complexity index is 2280. The van der Waals surface area contributed by atoms with Gasteiger partial charge in [-0.1, -0.05) is 49.7 Å². The smallest absolute Gasteiger partial charge is 0.421 e. The predicted octanol–water partition coefficient (Wildman–Crippen LogP) is 6.41. The molecule has 0 spiro atoms. The lowest BCUT2D eigenvalue weighted by atomic mass is 9.50. The third kappa shape index (κ3) is 6.62. The average molecular weight is 736 g/mol. The Morgan fingerprint density at radius 1 is 1.18 bits per heavy atom. The van der Waals surface area contributed by atoms with Crippen LogP contribution in [0.4, 0.5) is 16.2 Å². The predicted molar refractivity (Wildman–Crippen MR) is 193 cm³/mol. The number of nitrogens with zero attached hydrogens (tertiary/aromatic N) is 6. The van der Waals surface area contributed by atoms with E-state index in [1.165, 1.54) is 9.47 Å². The lowest BCUT2D eigenvalue weighted by Crippen LogP contribution is -2.59. The molecule has 0 unspecified atom stereocenters. The summed E-state index contributed by atoms with van der Waals surface area (Å²) >= 11 is 6.94. The summed E-state index contributed by atoms with van der Waals surface area (Å²) < 4.78 is 24.8. The van der Waals surface area contributed by atoms with Crippen molar-refractivity contribution in [3.05, 3.63) is 87.2 Å². The first-order valence-corrected chi connectivity index (χ1v) is 18.4. The summed E-state index contributed by atoms with van der Waals surface area (Å²) in [6.07, 6.45) is 7.15. The number of aromatic nitrogens is 5. The van der Waals surface area contributed by atoms with Crippen LogP contribution in [0.15, 0.2) is 59.8 Å². The van der Waals surface area contributed by atoms with Crippen molar-refractivity contribution < 1.29 is 28.4 Å². The van der Waals surface area contributed by atoms with E-state index in [0.717, 1.165) is 30.5 Å². The summed E-state index contributed by atoms with van der Waals surface area (Å²) in [6, 6.07) is 9.31. The largest absolute Gasteiger partial charge is 0.472 e. The van der Waals surface area contributed by atoms with Crippen molar-refractivity contribution >= 4 is 58.6 Å². The molecule has 3 aliphatic rings. The van der Waals surface area contributed by atoms with E-state index in [1.807, 2.05) is 17.8 Å². The molecule has 3 heterocycles. The van der Waals surface area contributed by atoms with Crippen LogP contribution < -0.4 is 15.8 Å². The molecule has 2 bridgehead atoms. The van der Waals surface area contributed by atoms with E-state index in [9.17, 15) is 23.9 Å². The number of carbonyl (C=O) groups is 1. The SMILES string of the molecule is Cc1cnc2c(Cl)cc(N(C(=O)OCOP(=O)(O)O)[C@H](c3cn(C45CC(C4)C5)nn3)c3cccc4c(=O)n(C)ccc34)cc2c1NCC(C)(C)C. The van der Waals surface area contributed by atoms with Gasteiger partial charge in [-0.15, -0.1) is 5.10 Å².